The van der Waals surface area contributed by atoms with Gasteiger partial charge in [0.25, 0.3) is 0 Å². The van der Waals surface area contributed by atoms with Crippen molar-refractivity contribution in [3.8, 4) is 0 Å². The largest absolute Gasteiger partial charge is 0.481 e. The van der Waals surface area contributed by atoms with Crippen LogP contribution in [0.3, 0.4) is 0 Å². The Hall–Kier alpha value is -0.610. The number of rotatable bonds is 6. The van der Waals surface area contributed by atoms with Crippen molar-refractivity contribution < 1.29 is 15.0 Å². The second-order valence-electron chi connectivity index (χ2n) is 4.39. The van der Waals surface area contributed by atoms with Gasteiger partial charge >= 0.3 is 5.97 Å². The van der Waals surface area contributed by atoms with Crippen molar-refractivity contribution in [2.45, 2.75) is 32.8 Å². The molecule has 84 valence electrons. The number of carboxylic acid groups (broad SMARTS) is 1. The van der Waals surface area contributed by atoms with E-state index in [9.17, 15) is 9.90 Å². The van der Waals surface area contributed by atoms with Gasteiger partial charge in [0.2, 0.25) is 0 Å². The van der Waals surface area contributed by atoms with E-state index in [1.165, 1.54) is 0 Å². The van der Waals surface area contributed by atoms with Gasteiger partial charge in [-0.2, -0.15) is 0 Å². The van der Waals surface area contributed by atoms with Gasteiger partial charge in [0.1, 0.15) is 0 Å². The summed E-state index contributed by atoms with van der Waals surface area (Å²) in [5.41, 5.74) is -0.757. The topological polar surface area (TPSA) is 60.8 Å². The molecule has 4 heteroatoms. The van der Waals surface area contributed by atoms with E-state index >= 15 is 0 Å². The fraction of sp³-hybridized carbons (Fsp3) is 0.900. The summed E-state index contributed by atoms with van der Waals surface area (Å²) in [6, 6.07) is 0. The zero-order chi connectivity index (χ0) is 11.4. The minimum Gasteiger partial charge on any atom is -0.481 e. The normalized spacial score (nSPS) is 15.9. The van der Waals surface area contributed by atoms with E-state index in [1.807, 2.05) is 25.8 Å². The monoisotopic (exact) mass is 203 g/mol. The molecule has 4 nitrogen and oxygen atoms in total. The van der Waals surface area contributed by atoms with Crippen LogP contribution in [-0.4, -0.2) is 46.8 Å². The first kappa shape index (κ1) is 13.4. The highest BCUT2D eigenvalue weighted by Crippen LogP contribution is 2.16. The molecule has 0 amide bonds. The molecule has 0 saturated carbocycles. The first-order valence-corrected chi connectivity index (χ1v) is 4.88. The van der Waals surface area contributed by atoms with Gasteiger partial charge in [0.15, 0.2) is 0 Å². The highest BCUT2D eigenvalue weighted by molar-refractivity contribution is 5.66. The minimum atomic E-state index is -0.805. The molecule has 0 bridgehead atoms. The fourth-order valence-electron chi connectivity index (χ4n) is 1.09. The predicted octanol–water partition coefficient (Wildman–Crippen LogP) is 0.800. The van der Waals surface area contributed by atoms with E-state index in [0.29, 0.717) is 13.1 Å². The molecule has 0 rings (SSSR count). The third-order valence-electron chi connectivity index (χ3n) is 2.54. The van der Waals surface area contributed by atoms with E-state index < -0.39 is 11.6 Å². The summed E-state index contributed by atoms with van der Waals surface area (Å²) < 4.78 is 0. The van der Waals surface area contributed by atoms with Crippen molar-refractivity contribution in [1.82, 2.24) is 4.90 Å². The van der Waals surface area contributed by atoms with E-state index in [0.717, 1.165) is 0 Å². The lowest BCUT2D eigenvalue weighted by atomic mass is 9.92. The van der Waals surface area contributed by atoms with Gasteiger partial charge < -0.3 is 15.1 Å². The average Bonchev–Trinajstić information content (AvgIpc) is 1.99. The van der Waals surface area contributed by atoms with E-state index in [4.69, 9.17) is 5.11 Å². The molecule has 0 aromatic heterocycles. The maximum Gasteiger partial charge on any atom is 0.304 e. The molecule has 0 aliphatic rings. The number of likely N-dealkylation sites (N-methyl/N-ethyl adjacent to an activating group) is 1. The average molecular weight is 203 g/mol. The Kier molecular flexibility index (Phi) is 5.08. The van der Waals surface area contributed by atoms with E-state index in [-0.39, 0.29) is 12.3 Å². The van der Waals surface area contributed by atoms with Crippen LogP contribution >= 0.6 is 0 Å². The van der Waals surface area contributed by atoms with Gasteiger partial charge in [-0.05, 0) is 19.9 Å². The molecule has 2 N–H and O–H groups in total. The Balaban J connectivity index is 3.92. The SMILES string of the molecule is CC(C)C(C)(O)CN(C)CCC(=O)O. The number of carbonyl (C=O) groups is 1. The molecule has 0 saturated heterocycles. The van der Waals surface area contributed by atoms with Crippen molar-refractivity contribution in [2.24, 2.45) is 5.92 Å². The number of hydrogen-bond donors (Lipinski definition) is 2. The van der Waals surface area contributed by atoms with Crippen molar-refractivity contribution in [1.29, 1.82) is 0 Å². The van der Waals surface area contributed by atoms with Crippen LogP contribution in [0, 0.1) is 5.92 Å². The second-order valence-corrected chi connectivity index (χ2v) is 4.39. The number of aliphatic carboxylic acids is 1. The minimum absolute atomic E-state index is 0.116. The standard InChI is InChI=1S/C10H21NO3/c1-8(2)10(3,14)7-11(4)6-5-9(12)13/h8,14H,5-7H2,1-4H3,(H,12,13). The summed E-state index contributed by atoms with van der Waals surface area (Å²) in [5.74, 6) is -0.643. The van der Waals surface area contributed by atoms with Gasteiger partial charge in [-0.15, -0.1) is 0 Å². The van der Waals surface area contributed by atoms with Crippen LogP contribution in [0.1, 0.15) is 27.2 Å². The van der Waals surface area contributed by atoms with Crippen molar-refractivity contribution in [3.05, 3.63) is 0 Å². The van der Waals surface area contributed by atoms with Gasteiger partial charge in [-0.3, -0.25) is 4.79 Å². The van der Waals surface area contributed by atoms with Crippen molar-refractivity contribution >= 4 is 5.97 Å². The molecule has 0 aromatic rings. The molecule has 0 aliphatic carbocycles. The molecule has 0 radical (unpaired) electrons. The molecule has 0 fully saturated rings. The second kappa shape index (κ2) is 5.32. The molecule has 0 heterocycles. The summed E-state index contributed by atoms with van der Waals surface area (Å²) >= 11 is 0. The molecular weight excluding hydrogens is 182 g/mol. The molecule has 0 aliphatic heterocycles. The fourth-order valence-corrected chi connectivity index (χ4v) is 1.09. The molecule has 1 atom stereocenters. The van der Waals surface area contributed by atoms with Crippen LogP contribution in [0.25, 0.3) is 0 Å². The Morgan fingerprint density at radius 2 is 2.00 bits per heavy atom. The number of nitrogens with zero attached hydrogens (tertiary/aromatic N) is 1. The van der Waals surface area contributed by atoms with E-state index in [1.54, 1.807) is 6.92 Å². The molecule has 1 unspecified atom stereocenters. The van der Waals surface area contributed by atoms with Crippen LogP contribution in [0.15, 0.2) is 0 Å². The first-order valence-electron chi connectivity index (χ1n) is 4.88. The maximum atomic E-state index is 10.3. The Morgan fingerprint density at radius 1 is 1.50 bits per heavy atom. The lowest BCUT2D eigenvalue weighted by Crippen LogP contribution is -2.43. The molecular formula is C10H21NO3. The van der Waals surface area contributed by atoms with Crippen LogP contribution < -0.4 is 0 Å². The van der Waals surface area contributed by atoms with Crippen molar-refractivity contribution in [2.75, 3.05) is 20.1 Å². The quantitative estimate of drug-likeness (QED) is 0.670. The predicted molar refractivity (Wildman–Crippen MR) is 55.2 cm³/mol. The number of carboxylic acids is 1. The smallest absolute Gasteiger partial charge is 0.304 e. The number of aliphatic hydroxyl groups is 1. The third-order valence-corrected chi connectivity index (χ3v) is 2.54. The van der Waals surface area contributed by atoms with Gasteiger partial charge in [0, 0.05) is 13.1 Å². The molecule has 0 spiro atoms. The summed E-state index contributed by atoms with van der Waals surface area (Å²) in [5, 5.41) is 18.4. The zero-order valence-electron chi connectivity index (χ0n) is 9.45. The van der Waals surface area contributed by atoms with Crippen LogP contribution in [0.4, 0.5) is 0 Å². The number of hydrogen-bond acceptors (Lipinski definition) is 3. The van der Waals surface area contributed by atoms with Crippen LogP contribution in [0.5, 0.6) is 0 Å². The Bertz CT molecular complexity index is 190. The van der Waals surface area contributed by atoms with Gasteiger partial charge in [-0.1, -0.05) is 13.8 Å². The lowest BCUT2D eigenvalue weighted by molar-refractivity contribution is -0.137. The zero-order valence-corrected chi connectivity index (χ0v) is 9.45. The lowest BCUT2D eigenvalue weighted by Gasteiger charge is -2.32. The van der Waals surface area contributed by atoms with E-state index in [2.05, 4.69) is 0 Å². The van der Waals surface area contributed by atoms with Crippen molar-refractivity contribution in [3.63, 3.8) is 0 Å². The highest BCUT2D eigenvalue weighted by Gasteiger charge is 2.26. The van der Waals surface area contributed by atoms with Crippen LogP contribution in [0.2, 0.25) is 0 Å². The molecule has 0 aromatic carbocycles. The van der Waals surface area contributed by atoms with Crippen LogP contribution in [-0.2, 0) is 4.79 Å². The third kappa shape index (κ3) is 5.19. The summed E-state index contributed by atoms with van der Waals surface area (Å²) in [7, 11) is 1.82. The Labute approximate surface area is 85.5 Å². The Morgan fingerprint density at radius 3 is 2.36 bits per heavy atom. The maximum absolute atomic E-state index is 10.3. The summed E-state index contributed by atoms with van der Waals surface area (Å²) in [4.78, 5) is 12.2. The first-order chi connectivity index (χ1) is 6.25. The van der Waals surface area contributed by atoms with Gasteiger partial charge in [0.05, 0.1) is 12.0 Å². The summed E-state index contributed by atoms with van der Waals surface area (Å²) in [6.45, 7) is 6.64. The van der Waals surface area contributed by atoms with Gasteiger partial charge in [-0.25, -0.2) is 0 Å². The highest BCUT2D eigenvalue weighted by atomic mass is 16.4. The molecule has 14 heavy (non-hydrogen) atoms. The summed E-state index contributed by atoms with van der Waals surface area (Å²) in [6.07, 6.45) is 0.116.